The van der Waals surface area contributed by atoms with Crippen LogP contribution >= 0.6 is 0 Å². The minimum absolute atomic E-state index is 0.122. The highest BCUT2D eigenvalue weighted by atomic mass is 16.5. The van der Waals surface area contributed by atoms with Crippen LogP contribution in [-0.4, -0.2) is 38.9 Å². The Hall–Kier alpha value is -1.60. The van der Waals surface area contributed by atoms with Crippen molar-refractivity contribution in [1.82, 2.24) is 14.6 Å². The number of rotatable bonds is 2. The van der Waals surface area contributed by atoms with Gasteiger partial charge < -0.3 is 14.8 Å². The van der Waals surface area contributed by atoms with Crippen molar-refractivity contribution < 1.29 is 14.8 Å². The van der Waals surface area contributed by atoms with Crippen LogP contribution in [0.4, 0.5) is 0 Å². The van der Waals surface area contributed by atoms with Crippen LogP contribution in [0.15, 0.2) is 12.3 Å². The molecular formula is C8H10BN3O3. The van der Waals surface area contributed by atoms with Gasteiger partial charge in [-0.2, -0.15) is 5.10 Å². The van der Waals surface area contributed by atoms with Crippen LogP contribution in [0.25, 0.3) is 5.65 Å². The summed E-state index contributed by atoms with van der Waals surface area (Å²) in [5, 5.41) is 22.0. The van der Waals surface area contributed by atoms with Crippen molar-refractivity contribution in [1.29, 1.82) is 0 Å². The predicted molar refractivity (Wildman–Crippen MR) is 54.1 cm³/mol. The van der Waals surface area contributed by atoms with E-state index >= 15 is 0 Å². The summed E-state index contributed by atoms with van der Waals surface area (Å²) >= 11 is 0. The minimum atomic E-state index is -1.62. The maximum atomic E-state index is 9.01. The second-order valence-electron chi connectivity index (χ2n) is 3.16. The molecular weight excluding hydrogens is 197 g/mol. The monoisotopic (exact) mass is 207 g/mol. The zero-order valence-corrected chi connectivity index (χ0v) is 8.38. The Balaban J connectivity index is 2.70. The van der Waals surface area contributed by atoms with Crippen molar-refractivity contribution in [3.8, 4) is 5.75 Å². The van der Waals surface area contributed by atoms with E-state index in [-0.39, 0.29) is 5.59 Å². The molecule has 0 aliphatic rings. The molecule has 0 spiro atoms. The van der Waals surface area contributed by atoms with Crippen LogP contribution in [-0.2, 0) is 0 Å². The van der Waals surface area contributed by atoms with Gasteiger partial charge in [-0.15, -0.1) is 0 Å². The molecule has 2 N–H and O–H groups in total. The van der Waals surface area contributed by atoms with Gasteiger partial charge in [0.25, 0.3) is 0 Å². The van der Waals surface area contributed by atoms with Crippen molar-refractivity contribution in [3.05, 3.63) is 18.0 Å². The molecule has 0 radical (unpaired) electrons. The maximum absolute atomic E-state index is 9.01. The fourth-order valence-corrected chi connectivity index (χ4v) is 1.36. The first kappa shape index (κ1) is 9.94. The summed E-state index contributed by atoms with van der Waals surface area (Å²) in [7, 11) is -0.127. The summed E-state index contributed by atoms with van der Waals surface area (Å²) in [5.41, 5.74) is 1.46. The first-order valence-electron chi connectivity index (χ1n) is 4.39. The molecule has 0 aliphatic carbocycles. The molecule has 0 atom stereocenters. The highest BCUT2D eigenvalue weighted by Gasteiger charge is 2.17. The first-order chi connectivity index (χ1) is 7.11. The van der Waals surface area contributed by atoms with Crippen LogP contribution < -0.4 is 10.3 Å². The van der Waals surface area contributed by atoms with Crippen molar-refractivity contribution in [2.45, 2.75) is 6.92 Å². The molecule has 0 saturated heterocycles. The zero-order valence-electron chi connectivity index (χ0n) is 8.38. The van der Waals surface area contributed by atoms with Gasteiger partial charge in [0.2, 0.25) is 0 Å². The van der Waals surface area contributed by atoms with Crippen molar-refractivity contribution in [2.75, 3.05) is 7.11 Å². The van der Waals surface area contributed by atoms with Gasteiger partial charge in [0.1, 0.15) is 0 Å². The smallest absolute Gasteiger partial charge is 0.493 e. The quantitative estimate of drug-likeness (QED) is 0.600. The van der Waals surface area contributed by atoms with Gasteiger partial charge in [-0.1, -0.05) is 0 Å². The van der Waals surface area contributed by atoms with E-state index in [0.717, 1.165) is 5.69 Å². The second-order valence-corrected chi connectivity index (χ2v) is 3.16. The third-order valence-corrected chi connectivity index (χ3v) is 2.02. The normalized spacial score (nSPS) is 10.7. The van der Waals surface area contributed by atoms with Gasteiger partial charge in [-0.05, 0) is 6.92 Å². The number of ether oxygens (including phenoxy) is 1. The molecule has 78 valence electrons. The van der Waals surface area contributed by atoms with Gasteiger partial charge in [0.15, 0.2) is 11.4 Å². The Morgan fingerprint density at radius 1 is 1.47 bits per heavy atom. The third-order valence-electron chi connectivity index (χ3n) is 2.02. The summed E-state index contributed by atoms with van der Waals surface area (Å²) in [5.74, 6) is 0.459. The number of imidazole rings is 1. The van der Waals surface area contributed by atoms with Gasteiger partial charge in [-0.25, -0.2) is 9.50 Å². The summed E-state index contributed by atoms with van der Waals surface area (Å²) in [6.45, 7) is 1.82. The van der Waals surface area contributed by atoms with Crippen LogP contribution in [0.1, 0.15) is 5.69 Å². The molecule has 2 heterocycles. The number of aryl methyl sites for hydroxylation is 1. The standard InChI is InChI=1S/C8H10BN3O3/c1-5-4-12-8(10-5)6(15-2)3-7(11-12)9(13)14/h3-4,13-14H,1-2H3. The Morgan fingerprint density at radius 2 is 2.20 bits per heavy atom. The summed E-state index contributed by atoms with van der Waals surface area (Å²) in [4.78, 5) is 4.20. The van der Waals surface area contributed by atoms with Crippen LogP contribution in [0.5, 0.6) is 5.75 Å². The number of methoxy groups -OCH3 is 1. The minimum Gasteiger partial charge on any atom is -0.493 e. The maximum Gasteiger partial charge on any atom is 0.510 e. The van der Waals surface area contributed by atoms with Crippen LogP contribution in [0.3, 0.4) is 0 Å². The van der Waals surface area contributed by atoms with Gasteiger partial charge in [0, 0.05) is 6.07 Å². The molecule has 2 rings (SSSR count). The molecule has 2 aromatic heterocycles. The molecule has 6 nitrogen and oxygen atoms in total. The number of fused-ring (bicyclic) bond motifs is 1. The highest BCUT2D eigenvalue weighted by molar-refractivity contribution is 6.57. The predicted octanol–water partition coefficient (Wildman–Crippen LogP) is -1.27. The van der Waals surface area contributed by atoms with E-state index in [1.165, 1.54) is 17.7 Å². The van der Waals surface area contributed by atoms with E-state index < -0.39 is 7.12 Å². The number of hydrogen-bond donors (Lipinski definition) is 2. The Morgan fingerprint density at radius 3 is 2.80 bits per heavy atom. The molecule has 0 bridgehead atoms. The SMILES string of the molecule is COc1cc(B(O)O)nn2cc(C)nc12. The highest BCUT2D eigenvalue weighted by Crippen LogP contribution is 2.15. The van der Waals surface area contributed by atoms with Crippen LogP contribution in [0, 0.1) is 6.92 Å². The average molecular weight is 207 g/mol. The lowest BCUT2D eigenvalue weighted by atomic mass is 9.86. The molecule has 2 aromatic rings. The lowest BCUT2D eigenvalue weighted by Gasteiger charge is -2.04. The zero-order chi connectivity index (χ0) is 11.0. The first-order valence-corrected chi connectivity index (χ1v) is 4.39. The number of nitrogens with zero attached hydrogens (tertiary/aromatic N) is 3. The lowest BCUT2D eigenvalue weighted by Crippen LogP contribution is -2.34. The topological polar surface area (TPSA) is 79.9 Å². The summed E-state index contributed by atoms with van der Waals surface area (Å²) < 4.78 is 6.55. The second kappa shape index (κ2) is 3.52. The third kappa shape index (κ3) is 1.66. The fourth-order valence-electron chi connectivity index (χ4n) is 1.36. The lowest BCUT2D eigenvalue weighted by molar-refractivity contribution is 0.410. The molecule has 0 aliphatic heterocycles. The van der Waals surface area contributed by atoms with E-state index in [1.54, 1.807) is 6.20 Å². The van der Waals surface area contributed by atoms with Crippen LogP contribution in [0.2, 0.25) is 0 Å². The van der Waals surface area contributed by atoms with Gasteiger partial charge in [0.05, 0.1) is 24.6 Å². The van der Waals surface area contributed by atoms with Crippen molar-refractivity contribution in [3.63, 3.8) is 0 Å². The summed E-state index contributed by atoms with van der Waals surface area (Å²) in [6, 6.07) is 1.45. The van der Waals surface area contributed by atoms with Gasteiger partial charge in [-0.3, -0.25) is 0 Å². The summed E-state index contributed by atoms with van der Waals surface area (Å²) in [6.07, 6.45) is 1.68. The Bertz CT molecular complexity index is 497. The molecule has 0 fully saturated rings. The molecule has 0 amide bonds. The Labute approximate surface area is 86.3 Å². The number of hydrogen-bond acceptors (Lipinski definition) is 5. The molecule has 0 unspecified atom stereocenters. The molecule has 0 aromatic carbocycles. The van der Waals surface area contributed by atoms with E-state index in [4.69, 9.17) is 14.8 Å². The van der Waals surface area contributed by atoms with Crippen molar-refractivity contribution >= 4 is 18.4 Å². The van der Waals surface area contributed by atoms with Gasteiger partial charge >= 0.3 is 7.12 Å². The number of aromatic nitrogens is 3. The molecule has 0 saturated carbocycles. The van der Waals surface area contributed by atoms with E-state index in [2.05, 4.69) is 10.1 Å². The Kier molecular flexibility index (Phi) is 2.33. The fraction of sp³-hybridized carbons (Fsp3) is 0.250. The molecule has 15 heavy (non-hydrogen) atoms. The van der Waals surface area contributed by atoms with Crippen molar-refractivity contribution in [2.24, 2.45) is 0 Å². The van der Waals surface area contributed by atoms with E-state index in [0.29, 0.717) is 11.4 Å². The van der Waals surface area contributed by atoms with E-state index in [9.17, 15) is 0 Å². The molecule has 7 heteroatoms. The van der Waals surface area contributed by atoms with E-state index in [1.807, 2.05) is 6.92 Å². The largest absolute Gasteiger partial charge is 0.510 e. The average Bonchev–Trinajstić information content (AvgIpc) is 2.56.